The number of amides is 1. The standard InChI is InChI=1S/C19H19N5O2/c25-19(14-6-1-2-7-16(14)24-12-20-11-21-24)23-9-8-17-15(10-23)22-18(26-17)13-4-3-5-13/h1-2,6-7,11-13H,3-5,8-10H2. The van der Waals surface area contributed by atoms with Gasteiger partial charge in [0.15, 0.2) is 5.89 Å². The zero-order valence-electron chi connectivity index (χ0n) is 14.3. The van der Waals surface area contributed by atoms with Crippen LogP contribution in [0.4, 0.5) is 0 Å². The van der Waals surface area contributed by atoms with E-state index >= 15 is 0 Å². The molecule has 3 aromatic rings. The zero-order valence-corrected chi connectivity index (χ0v) is 14.3. The van der Waals surface area contributed by atoms with Crippen molar-refractivity contribution in [2.24, 2.45) is 0 Å². The van der Waals surface area contributed by atoms with Gasteiger partial charge in [0.05, 0.1) is 17.8 Å². The van der Waals surface area contributed by atoms with Crippen LogP contribution in [0.2, 0.25) is 0 Å². The molecule has 2 aliphatic rings. The predicted molar refractivity (Wildman–Crippen MR) is 92.9 cm³/mol. The summed E-state index contributed by atoms with van der Waals surface area (Å²) in [7, 11) is 0. The number of benzene rings is 1. The van der Waals surface area contributed by atoms with Crippen molar-refractivity contribution in [2.45, 2.75) is 38.1 Å². The minimum absolute atomic E-state index is 0.0186. The molecule has 1 saturated carbocycles. The van der Waals surface area contributed by atoms with Crippen molar-refractivity contribution in [3.8, 4) is 5.69 Å². The van der Waals surface area contributed by atoms with Gasteiger partial charge in [0.2, 0.25) is 0 Å². The van der Waals surface area contributed by atoms with Crippen LogP contribution in [0.25, 0.3) is 5.69 Å². The first kappa shape index (κ1) is 15.3. The highest BCUT2D eigenvalue weighted by Gasteiger charge is 2.31. The molecule has 1 aliphatic carbocycles. The third-order valence-electron chi connectivity index (χ3n) is 5.29. The van der Waals surface area contributed by atoms with Crippen LogP contribution in [0.15, 0.2) is 41.3 Å². The van der Waals surface area contributed by atoms with Gasteiger partial charge in [0.25, 0.3) is 5.91 Å². The Labute approximate surface area is 150 Å². The lowest BCUT2D eigenvalue weighted by molar-refractivity contribution is 0.0727. The fraction of sp³-hybridized carbons (Fsp3) is 0.368. The molecule has 132 valence electrons. The summed E-state index contributed by atoms with van der Waals surface area (Å²) in [5.41, 5.74) is 2.25. The van der Waals surface area contributed by atoms with Crippen LogP contribution in [-0.4, -0.2) is 37.1 Å². The summed E-state index contributed by atoms with van der Waals surface area (Å²) in [5.74, 6) is 2.26. The molecule has 0 bridgehead atoms. The van der Waals surface area contributed by atoms with Crippen LogP contribution >= 0.6 is 0 Å². The van der Waals surface area contributed by atoms with Crippen molar-refractivity contribution in [3.63, 3.8) is 0 Å². The number of carbonyl (C=O) groups excluding carboxylic acids is 1. The first-order chi connectivity index (χ1) is 12.8. The molecule has 1 amide bonds. The smallest absolute Gasteiger partial charge is 0.256 e. The van der Waals surface area contributed by atoms with Gasteiger partial charge >= 0.3 is 0 Å². The maximum atomic E-state index is 13.1. The summed E-state index contributed by atoms with van der Waals surface area (Å²) in [6.07, 6.45) is 7.35. The third-order valence-corrected chi connectivity index (χ3v) is 5.29. The lowest BCUT2D eigenvalue weighted by Gasteiger charge is -2.26. The maximum absolute atomic E-state index is 13.1. The minimum atomic E-state index is -0.0186. The van der Waals surface area contributed by atoms with Crippen molar-refractivity contribution in [1.82, 2.24) is 24.6 Å². The molecule has 1 fully saturated rings. The second-order valence-corrected chi connectivity index (χ2v) is 6.88. The van der Waals surface area contributed by atoms with Gasteiger partial charge in [-0.05, 0) is 25.0 Å². The summed E-state index contributed by atoms with van der Waals surface area (Å²) in [5, 5.41) is 4.16. The number of rotatable bonds is 3. The van der Waals surface area contributed by atoms with Gasteiger partial charge in [0.1, 0.15) is 24.1 Å². The van der Waals surface area contributed by atoms with Crippen molar-refractivity contribution in [1.29, 1.82) is 0 Å². The summed E-state index contributed by atoms with van der Waals surface area (Å²) in [4.78, 5) is 23.6. The second kappa shape index (κ2) is 6.09. The van der Waals surface area contributed by atoms with Crippen LogP contribution in [0.5, 0.6) is 0 Å². The first-order valence-corrected chi connectivity index (χ1v) is 9.01. The molecule has 0 N–H and O–H groups in total. The lowest BCUT2D eigenvalue weighted by Crippen LogP contribution is -2.36. The van der Waals surface area contributed by atoms with E-state index in [1.807, 2.05) is 29.2 Å². The molecule has 0 spiro atoms. The Morgan fingerprint density at radius 1 is 1.23 bits per heavy atom. The van der Waals surface area contributed by atoms with E-state index in [9.17, 15) is 4.79 Å². The van der Waals surface area contributed by atoms with E-state index in [4.69, 9.17) is 4.42 Å². The minimum Gasteiger partial charge on any atom is -0.445 e. The highest BCUT2D eigenvalue weighted by molar-refractivity contribution is 5.97. The van der Waals surface area contributed by atoms with Crippen molar-refractivity contribution >= 4 is 5.91 Å². The highest BCUT2D eigenvalue weighted by Crippen LogP contribution is 2.37. The molecule has 7 nitrogen and oxygen atoms in total. The van der Waals surface area contributed by atoms with E-state index < -0.39 is 0 Å². The van der Waals surface area contributed by atoms with E-state index in [0.29, 0.717) is 31.0 Å². The zero-order chi connectivity index (χ0) is 17.5. The quantitative estimate of drug-likeness (QED) is 0.726. The molecule has 2 aromatic heterocycles. The number of oxazole rings is 1. The van der Waals surface area contributed by atoms with Crippen LogP contribution in [0, 0.1) is 0 Å². The Morgan fingerprint density at radius 3 is 2.88 bits per heavy atom. The Balaban J connectivity index is 1.41. The Morgan fingerprint density at radius 2 is 2.12 bits per heavy atom. The van der Waals surface area contributed by atoms with E-state index in [-0.39, 0.29) is 5.91 Å². The average Bonchev–Trinajstić information content (AvgIpc) is 3.28. The second-order valence-electron chi connectivity index (χ2n) is 6.88. The molecule has 3 heterocycles. The van der Waals surface area contributed by atoms with Gasteiger partial charge in [-0.3, -0.25) is 4.79 Å². The first-order valence-electron chi connectivity index (χ1n) is 9.01. The summed E-state index contributed by atoms with van der Waals surface area (Å²) < 4.78 is 7.57. The molecule has 26 heavy (non-hydrogen) atoms. The molecule has 0 radical (unpaired) electrons. The van der Waals surface area contributed by atoms with E-state index in [1.54, 1.807) is 11.0 Å². The van der Waals surface area contributed by atoms with Gasteiger partial charge in [-0.15, -0.1) is 0 Å². The molecular weight excluding hydrogens is 330 g/mol. The maximum Gasteiger partial charge on any atom is 0.256 e. The van der Waals surface area contributed by atoms with Crippen LogP contribution in [0.3, 0.4) is 0 Å². The van der Waals surface area contributed by atoms with E-state index in [0.717, 1.165) is 35.9 Å². The highest BCUT2D eigenvalue weighted by atomic mass is 16.4. The Bertz CT molecular complexity index is 943. The summed E-state index contributed by atoms with van der Waals surface area (Å²) >= 11 is 0. The van der Waals surface area contributed by atoms with Gasteiger partial charge in [0, 0.05) is 18.9 Å². The normalized spacial score (nSPS) is 17.0. The number of nitrogens with zero attached hydrogens (tertiary/aromatic N) is 5. The Hall–Kier alpha value is -2.96. The van der Waals surface area contributed by atoms with Crippen LogP contribution in [0.1, 0.15) is 52.9 Å². The number of carbonyl (C=O) groups is 1. The molecule has 0 saturated heterocycles. The topological polar surface area (TPSA) is 77.0 Å². The van der Waals surface area contributed by atoms with Crippen molar-refractivity contribution < 1.29 is 9.21 Å². The fourth-order valence-corrected chi connectivity index (χ4v) is 3.58. The molecule has 1 aromatic carbocycles. The number of aromatic nitrogens is 4. The number of hydrogen-bond donors (Lipinski definition) is 0. The molecule has 0 unspecified atom stereocenters. The Kier molecular flexibility index (Phi) is 3.58. The largest absolute Gasteiger partial charge is 0.445 e. The molecule has 1 aliphatic heterocycles. The lowest BCUT2D eigenvalue weighted by atomic mass is 9.85. The van der Waals surface area contributed by atoms with Gasteiger partial charge in [-0.1, -0.05) is 18.6 Å². The summed E-state index contributed by atoms with van der Waals surface area (Å²) in [6.45, 7) is 1.13. The van der Waals surface area contributed by atoms with Gasteiger partial charge in [-0.2, -0.15) is 5.10 Å². The third kappa shape index (κ3) is 2.51. The van der Waals surface area contributed by atoms with Crippen LogP contribution in [-0.2, 0) is 13.0 Å². The van der Waals surface area contributed by atoms with E-state index in [1.165, 1.54) is 12.7 Å². The molecule has 7 heteroatoms. The number of para-hydroxylation sites is 1. The summed E-state index contributed by atoms with van der Waals surface area (Å²) in [6, 6.07) is 7.47. The number of hydrogen-bond acceptors (Lipinski definition) is 5. The van der Waals surface area contributed by atoms with Crippen molar-refractivity contribution in [2.75, 3.05) is 6.54 Å². The van der Waals surface area contributed by atoms with E-state index in [2.05, 4.69) is 15.1 Å². The van der Waals surface area contributed by atoms with Crippen LogP contribution < -0.4 is 0 Å². The monoisotopic (exact) mass is 349 g/mol. The molecule has 0 atom stereocenters. The van der Waals surface area contributed by atoms with Crippen molar-refractivity contribution in [3.05, 3.63) is 59.8 Å². The predicted octanol–water partition coefficient (Wildman–Crippen LogP) is 2.72. The van der Waals surface area contributed by atoms with Gasteiger partial charge < -0.3 is 9.32 Å². The number of fused-ring (bicyclic) bond motifs is 1. The molecular formula is C19H19N5O2. The van der Waals surface area contributed by atoms with Gasteiger partial charge in [-0.25, -0.2) is 14.6 Å². The SMILES string of the molecule is O=C(c1ccccc1-n1cncn1)N1CCc2oc(C3CCC3)nc2C1. The molecule has 5 rings (SSSR count). The fourth-order valence-electron chi connectivity index (χ4n) is 3.58. The average molecular weight is 349 g/mol.